The van der Waals surface area contributed by atoms with Gasteiger partial charge in [-0.2, -0.15) is 0 Å². The van der Waals surface area contributed by atoms with E-state index in [2.05, 4.69) is 171 Å². The van der Waals surface area contributed by atoms with Gasteiger partial charge in [0.2, 0.25) is 0 Å². The molecule has 9 aromatic rings. The Morgan fingerprint density at radius 2 is 1.26 bits per heavy atom. The number of thiophene rings is 1. The second-order valence-corrected chi connectivity index (χ2v) is 14.4. The van der Waals surface area contributed by atoms with Crippen LogP contribution in [0.2, 0.25) is 0 Å². The highest BCUT2D eigenvalue weighted by atomic mass is 32.1. The van der Waals surface area contributed by atoms with E-state index in [1.807, 2.05) is 11.3 Å². The molecule has 0 N–H and O–H groups in total. The molecular weight excluding hydrogens is 575 g/mol. The Kier molecular flexibility index (Phi) is 6.00. The number of fused-ring (bicyclic) bond motifs is 8. The van der Waals surface area contributed by atoms with Gasteiger partial charge in [-0.25, -0.2) is 0 Å². The lowest BCUT2D eigenvalue weighted by atomic mass is 9.86. The van der Waals surface area contributed by atoms with Crippen molar-refractivity contribution in [1.29, 1.82) is 0 Å². The zero-order valence-corrected chi connectivity index (χ0v) is 27.0. The van der Waals surface area contributed by atoms with Crippen molar-refractivity contribution in [3.05, 3.63) is 151 Å². The monoisotopic (exact) mass is 607 g/mol. The fraction of sp³-hybridized carbons (Fsp3) is 0.0909. The maximum absolute atomic E-state index is 2.52. The first kappa shape index (κ1) is 27.2. The van der Waals surface area contributed by atoms with Gasteiger partial charge in [-0.15, -0.1) is 11.3 Å². The third kappa shape index (κ3) is 4.14. The van der Waals surface area contributed by atoms with Gasteiger partial charge in [0.15, 0.2) is 0 Å². The molecule has 0 unspecified atom stereocenters. The molecule has 2 heteroatoms. The maximum Gasteiger partial charge on any atom is 0.0634 e. The summed E-state index contributed by atoms with van der Waals surface area (Å²) in [7, 11) is 0. The quantitative estimate of drug-likeness (QED) is 0.188. The molecule has 7 aromatic carbocycles. The molecule has 0 spiro atoms. The molecule has 0 aliphatic carbocycles. The second kappa shape index (κ2) is 10.2. The van der Waals surface area contributed by atoms with E-state index < -0.39 is 0 Å². The van der Waals surface area contributed by atoms with Crippen molar-refractivity contribution in [3.8, 4) is 27.9 Å². The van der Waals surface area contributed by atoms with Crippen LogP contribution in [0.25, 0.3) is 80.7 Å². The van der Waals surface area contributed by atoms with Crippen LogP contribution in [0.4, 0.5) is 0 Å². The Balaban J connectivity index is 1.51. The summed E-state index contributed by atoms with van der Waals surface area (Å²) in [5.74, 6) is 0. The molecule has 0 saturated carbocycles. The molecule has 0 amide bonds. The van der Waals surface area contributed by atoms with E-state index in [-0.39, 0.29) is 5.41 Å². The van der Waals surface area contributed by atoms with E-state index in [1.165, 1.54) is 86.3 Å². The summed E-state index contributed by atoms with van der Waals surface area (Å²) in [5, 5.41) is 7.80. The predicted molar refractivity (Wildman–Crippen MR) is 201 cm³/mol. The summed E-state index contributed by atoms with van der Waals surface area (Å²) in [4.78, 5) is 0. The smallest absolute Gasteiger partial charge is 0.0634 e. The summed E-state index contributed by atoms with van der Waals surface area (Å²) < 4.78 is 5.19. The van der Waals surface area contributed by atoms with E-state index in [0.717, 1.165) is 0 Å². The van der Waals surface area contributed by atoms with Crippen LogP contribution in [0.15, 0.2) is 146 Å². The lowest BCUT2D eigenvalue weighted by Gasteiger charge is -2.19. The van der Waals surface area contributed by atoms with Crippen LogP contribution in [0.5, 0.6) is 0 Å². The van der Waals surface area contributed by atoms with Crippen LogP contribution in [-0.2, 0) is 5.41 Å². The normalized spacial score (nSPS) is 12.2. The van der Waals surface area contributed by atoms with Crippen molar-refractivity contribution < 1.29 is 0 Å². The zero-order chi connectivity index (χ0) is 31.0. The van der Waals surface area contributed by atoms with Crippen LogP contribution in [-0.4, -0.2) is 4.57 Å². The number of nitrogens with zero attached hydrogens (tertiary/aromatic N) is 1. The van der Waals surface area contributed by atoms with Crippen molar-refractivity contribution in [2.24, 2.45) is 0 Å². The van der Waals surface area contributed by atoms with Gasteiger partial charge in [0.1, 0.15) is 0 Å². The summed E-state index contributed by atoms with van der Waals surface area (Å²) in [6, 6.07) is 53.8. The lowest BCUT2D eigenvalue weighted by molar-refractivity contribution is 0.591. The second-order valence-electron chi connectivity index (χ2n) is 13.4. The third-order valence-electron chi connectivity index (χ3n) is 9.53. The molecule has 2 aromatic heterocycles. The average Bonchev–Trinajstić information content (AvgIpc) is 3.63. The first-order valence-electron chi connectivity index (χ1n) is 16.0. The van der Waals surface area contributed by atoms with Gasteiger partial charge in [0, 0.05) is 42.2 Å². The van der Waals surface area contributed by atoms with Crippen molar-refractivity contribution >= 4 is 64.1 Å². The first-order valence-corrected chi connectivity index (χ1v) is 16.8. The van der Waals surface area contributed by atoms with Gasteiger partial charge in [-0.05, 0) is 74.8 Å². The molecule has 0 atom stereocenters. The van der Waals surface area contributed by atoms with Gasteiger partial charge in [0.05, 0.1) is 11.0 Å². The molecular formula is C44H33NS. The Hall–Kier alpha value is -5.18. The fourth-order valence-electron chi connectivity index (χ4n) is 7.22. The van der Waals surface area contributed by atoms with Gasteiger partial charge >= 0.3 is 0 Å². The highest BCUT2D eigenvalue weighted by molar-refractivity contribution is 7.26. The van der Waals surface area contributed by atoms with E-state index >= 15 is 0 Å². The Labute approximate surface area is 273 Å². The number of aromatic nitrogens is 1. The molecule has 9 rings (SSSR count). The molecule has 2 heterocycles. The van der Waals surface area contributed by atoms with Gasteiger partial charge in [0.25, 0.3) is 0 Å². The van der Waals surface area contributed by atoms with Crippen molar-refractivity contribution in [1.82, 2.24) is 4.57 Å². The minimum Gasteiger partial charge on any atom is -0.309 e. The number of rotatable bonds is 3. The van der Waals surface area contributed by atoms with Crippen molar-refractivity contribution in [2.75, 3.05) is 0 Å². The summed E-state index contributed by atoms with van der Waals surface area (Å²) >= 11 is 1.92. The van der Waals surface area contributed by atoms with Gasteiger partial charge < -0.3 is 4.57 Å². The van der Waals surface area contributed by atoms with E-state index in [9.17, 15) is 0 Å². The molecule has 1 nitrogen and oxygen atoms in total. The lowest BCUT2D eigenvalue weighted by Crippen LogP contribution is -2.10. The van der Waals surface area contributed by atoms with Gasteiger partial charge in [-0.1, -0.05) is 130 Å². The first-order chi connectivity index (χ1) is 22.5. The largest absolute Gasteiger partial charge is 0.309 e. The molecule has 0 fully saturated rings. The number of para-hydroxylation sites is 1. The van der Waals surface area contributed by atoms with E-state index in [1.54, 1.807) is 0 Å². The Morgan fingerprint density at radius 1 is 0.522 bits per heavy atom. The van der Waals surface area contributed by atoms with Crippen LogP contribution < -0.4 is 0 Å². The number of hydrogen-bond acceptors (Lipinski definition) is 1. The summed E-state index contributed by atoms with van der Waals surface area (Å²) in [6.07, 6.45) is 0. The molecule has 46 heavy (non-hydrogen) atoms. The number of benzene rings is 7. The third-order valence-corrected chi connectivity index (χ3v) is 10.7. The zero-order valence-electron chi connectivity index (χ0n) is 26.2. The molecule has 0 saturated heterocycles. The minimum atomic E-state index is 0.0331. The fourth-order valence-corrected chi connectivity index (χ4v) is 8.44. The maximum atomic E-state index is 2.52. The van der Waals surface area contributed by atoms with E-state index in [0.29, 0.717) is 0 Å². The van der Waals surface area contributed by atoms with Crippen LogP contribution in [0.3, 0.4) is 0 Å². The Morgan fingerprint density at radius 3 is 2.07 bits per heavy atom. The molecule has 0 bridgehead atoms. The molecule has 220 valence electrons. The van der Waals surface area contributed by atoms with E-state index in [4.69, 9.17) is 0 Å². The average molecular weight is 608 g/mol. The summed E-state index contributed by atoms with van der Waals surface area (Å²) in [5.41, 5.74) is 10.1. The highest BCUT2D eigenvalue weighted by Gasteiger charge is 2.24. The Bertz CT molecular complexity index is 2590. The van der Waals surface area contributed by atoms with Gasteiger partial charge in [-0.3, -0.25) is 0 Å². The molecule has 0 aliphatic heterocycles. The topological polar surface area (TPSA) is 4.93 Å². The van der Waals surface area contributed by atoms with Crippen LogP contribution >= 0.6 is 11.3 Å². The van der Waals surface area contributed by atoms with Crippen LogP contribution in [0, 0.1) is 0 Å². The summed E-state index contributed by atoms with van der Waals surface area (Å²) in [6.45, 7) is 6.92. The molecule has 0 radical (unpaired) electrons. The minimum absolute atomic E-state index is 0.0331. The van der Waals surface area contributed by atoms with Crippen LogP contribution in [0.1, 0.15) is 26.3 Å². The van der Waals surface area contributed by atoms with Crippen molar-refractivity contribution in [3.63, 3.8) is 0 Å². The predicted octanol–water partition coefficient (Wildman–Crippen LogP) is 12.9. The number of hydrogen-bond donors (Lipinski definition) is 0. The SMILES string of the molecule is CC(C)(C)c1ccc2c3c4sc5ccc(-c6ccccc6)cc5c4cc(-c4cccc5ccccc45)c3n(-c3ccccc3)c2c1. The molecule has 0 aliphatic rings. The standard InChI is InChI=1S/C44H33NS/c1-44(2,3)31-22-23-35-39(26-31)45(32-17-8-5-9-18-32)42-37(34-20-12-16-29-15-10-11-19-33(29)34)27-38-36-25-30(28-13-6-4-7-14-28)21-24-40(36)46-43(38)41(35)42/h4-27H,1-3H3. The highest BCUT2D eigenvalue weighted by Crippen LogP contribution is 2.49. The van der Waals surface area contributed by atoms with Crippen molar-refractivity contribution in [2.45, 2.75) is 26.2 Å².